The highest BCUT2D eigenvalue weighted by Gasteiger charge is 2.01. The van der Waals surface area contributed by atoms with Crippen LogP contribution in [0, 0.1) is 0 Å². The SMILES string of the molecule is OC1CCC=C=CCCC1. The lowest BCUT2D eigenvalue weighted by atomic mass is 10.1. The maximum absolute atomic E-state index is 9.28. The van der Waals surface area contributed by atoms with Crippen LogP contribution in [-0.4, -0.2) is 11.2 Å². The number of rotatable bonds is 0. The van der Waals surface area contributed by atoms with E-state index in [0.29, 0.717) is 0 Å². The predicted octanol–water partition coefficient (Wildman–Crippen LogP) is 2.02. The van der Waals surface area contributed by atoms with Gasteiger partial charge in [0.05, 0.1) is 6.10 Å². The number of hydrogen-bond donors (Lipinski definition) is 1. The lowest BCUT2D eigenvalue weighted by Crippen LogP contribution is -2.04. The summed E-state index contributed by atoms with van der Waals surface area (Å²) in [5.41, 5.74) is 3.09. The first-order valence-electron chi connectivity index (χ1n) is 3.97. The maximum atomic E-state index is 9.28. The van der Waals surface area contributed by atoms with Gasteiger partial charge in [-0.2, -0.15) is 0 Å². The molecule has 1 aliphatic rings. The Morgan fingerprint density at radius 2 is 2.00 bits per heavy atom. The summed E-state index contributed by atoms with van der Waals surface area (Å²) >= 11 is 0. The summed E-state index contributed by atoms with van der Waals surface area (Å²) in [5.74, 6) is 0. The van der Waals surface area contributed by atoms with Crippen LogP contribution in [0.3, 0.4) is 0 Å². The van der Waals surface area contributed by atoms with E-state index in [1.165, 1.54) is 0 Å². The van der Waals surface area contributed by atoms with Crippen molar-refractivity contribution in [3.8, 4) is 0 Å². The Bertz CT molecular complexity index is 143. The average Bonchev–Trinajstić information content (AvgIpc) is 2.02. The van der Waals surface area contributed by atoms with Crippen LogP contribution in [0.5, 0.6) is 0 Å². The van der Waals surface area contributed by atoms with Gasteiger partial charge in [-0.3, -0.25) is 0 Å². The topological polar surface area (TPSA) is 20.2 Å². The molecule has 0 aromatic heterocycles. The Hall–Kier alpha value is -0.520. The van der Waals surface area contributed by atoms with Crippen molar-refractivity contribution >= 4 is 0 Å². The molecule has 0 aromatic rings. The molecule has 1 nitrogen and oxygen atoms in total. The second kappa shape index (κ2) is 4.32. The van der Waals surface area contributed by atoms with Crippen LogP contribution in [0.1, 0.15) is 32.1 Å². The molecular weight excluding hydrogens is 124 g/mol. The second-order valence-corrected chi connectivity index (χ2v) is 2.74. The van der Waals surface area contributed by atoms with Gasteiger partial charge in [-0.15, -0.1) is 5.73 Å². The summed E-state index contributed by atoms with van der Waals surface area (Å²) in [4.78, 5) is 0. The van der Waals surface area contributed by atoms with E-state index in [0.717, 1.165) is 32.1 Å². The minimum atomic E-state index is -0.0791. The number of allylic oxidation sites excluding steroid dienone is 1. The molecule has 0 saturated heterocycles. The molecule has 1 N–H and O–H groups in total. The van der Waals surface area contributed by atoms with Crippen molar-refractivity contribution < 1.29 is 5.11 Å². The summed E-state index contributed by atoms with van der Waals surface area (Å²) in [7, 11) is 0. The Balaban J connectivity index is 2.36. The lowest BCUT2D eigenvalue weighted by Gasteiger charge is -2.05. The van der Waals surface area contributed by atoms with Crippen LogP contribution in [0.15, 0.2) is 17.9 Å². The van der Waals surface area contributed by atoms with Crippen molar-refractivity contribution in [1.82, 2.24) is 0 Å². The van der Waals surface area contributed by atoms with E-state index in [9.17, 15) is 5.11 Å². The third-order valence-corrected chi connectivity index (χ3v) is 1.77. The fraction of sp³-hybridized carbons (Fsp3) is 0.667. The second-order valence-electron chi connectivity index (χ2n) is 2.74. The maximum Gasteiger partial charge on any atom is 0.0543 e. The standard InChI is InChI=1S/C9H14O/c10-9-7-5-3-1-2-4-6-8-9/h1,4,9-10H,3,5-8H2. The molecule has 1 heteroatoms. The highest BCUT2D eigenvalue weighted by atomic mass is 16.3. The normalized spacial score (nSPS) is 27.1. The summed E-state index contributed by atoms with van der Waals surface area (Å²) < 4.78 is 0. The first-order valence-corrected chi connectivity index (χ1v) is 3.97. The molecule has 0 aromatic carbocycles. The smallest absolute Gasteiger partial charge is 0.0543 e. The Kier molecular flexibility index (Phi) is 3.28. The molecule has 1 aliphatic carbocycles. The zero-order valence-corrected chi connectivity index (χ0v) is 6.21. The van der Waals surface area contributed by atoms with Crippen molar-refractivity contribution in [1.29, 1.82) is 0 Å². The summed E-state index contributed by atoms with van der Waals surface area (Å²) in [6.45, 7) is 0. The molecule has 0 spiro atoms. The van der Waals surface area contributed by atoms with Gasteiger partial charge in [0.25, 0.3) is 0 Å². The molecule has 0 radical (unpaired) electrons. The quantitative estimate of drug-likeness (QED) is 0.508. The number of aliphatic hydroxyl groups excluding tert-OH is 1. The molecule has 56 valence electrons. The molecule has 10 heavy (non-hydrogen) atoms. The molecular formula is C9H14O. The first kappa shape index (κ1) is 7.59. The first-order chi connectivity index (χ1) is 4.89. The van der Waals surface area contributed by atoms with E-state index in [1.807, 2.05) is 6.08 Å². The molecule has 0 amide bonds. The van der Waals surface area contributed by atoms with Crippen LogP contribution in [0.4, 0.5) is 0 Å². The van der Waals surface area contributed by atoms with Crippen LogP contribution in [-0.2, 0) is 0 Å². The predicted molar refractivity (Wildman–Crippen MR) is 41.7 cm³/mol. The molecule has 0 fully saturated rings. The largest absolute Gasteiger partial charge is 0.393 e. The van der Waals surface area contributed by atoms with E-state index < -0.39 is 0 Å². The molecule has 1 rings (SSSR count). The monoisotopic (exact) mass is 138 g/mol. The zero-order valence-electron chi connectivity index (χ0n) is 6.21. The van der Waals surface area contributed by atoms with Crippen molar-refractivity contribution in [2.45, 2.75) is 38.2 Å². The van der Waals surface area contributed by atoms with Gasteiger partial charge in [-0.25, -0.2) is 0 Å². The van der Waals surface area contributed by atoms with E-state index >= 15 is 0 Å². The Morgan fingerprint density at radius 3 is 2.90 bits per heavy atom. The van der Waals surface area contributed by atoms with E-state index in [4.69, 9.17) is 0 Å². The lowest BCUT2D eigenvalue weighted by molar-refractivity contribution is 0.154. The molecule has 0 saturated carbocycles. The fourth-order valence-electron chi connectivity index (χ4n) is 1.13. The van der Waals surface area contributed by atoms with Crippen molar-refractivity contribution in [2.24, 2.45) is 0 Å². The van der Waals surface area contributed by atoms with E-state index in [-0.39, 0.29) is 6.10 Å². The van der Waals surface area contributed by atoms with Gasteiger partial charge < -0.3 is 5.11 Å². The van der Waals surface area contributed by atoms with Crippen molar-refractivity contribution in [2.75, 3.05) is 0 Å². The minimum Gasteiger partial charge on any atom is -0.393 e. The summed E-state index contributed by atoms with van der Waals surface area (Å²) in [6, 6.07) is 0. The van der Waals surface area contributed by atoms with Crippen molar-refractivity contribution in [3.63, 3.8) is 0 Å². The molecule has 0 aliphatic heterocycles. The molecule has 1 unspecified atom stereocenters. The van der Waals surface area contributed by atoms with Crippen LogP contribution < -0.4 is 0 Å². The van der Waals surface area contributed by atoms with Crippen LogP contribution in [0.2, 0.25) is 0 Å². The van der Waals surface area contributed by atoms with E-state index in [1.54, 1.807) is 0 Å². The fourth-order valence-corrected chi connectivity index (χ4v) is 1.13. The van der Waals surface area contributed by atoms with E-state index in [2.05, 4.69) is 11.8 Å². The highest BCUT2D eigenvalue weighted by Crippen LogP contribution is 2.08. The van der Waals surface area contributed by atoms with Gasteiger partial charge in [0, 0.05) is 0 Å². The van der Waals surface area contributed by atoms with Gasteiger partial charge in [0.15, 0.2) is 0 Å². The van der Waals surface area contributed by atoms with Gasteiger partial charge in [0.1, 0.15) is 0 Å². The molecule has 1 atom stereocenters. The zero-order chi connectivity index (χ0) is 7.23. The van der Waals surface area contributed by atoms with Gasteiger partial charge in [0.2, 0.25) is 0 Å². The third-order valence-electron chi connectivity index (χ3n) is 1.77. The van der Waals surface area contributed by atoms with Crippen molar-refractivity contribution in [3.05, 3.63) is 17.9 Å². The summed E-state index contributed by atoms with van der Waals surface area (Å²) in [6.07, 6.45) is 8.97. The molecule has 0 heterocycles. The summed E-state index contributed by atoms with van der Waals surface area (Å²) in [5, 5.41) is 9.28. The highest BCUT2D eigenvalue weighted by molar-refractivity contribution is 4.86. The minimum absolute atomic E-state index is 0.0791. The third kappa shape index (κ3) is 2.86. The number of aliphatic hydroxyl groups is 1. The van der Waals surface area contributed by atoms with Gasteiger partial charge in [-0.05, 0) is 44.3 Å². The van der Waals surface area contributed by atoms with Crippen LogP contribution in [0.25, 0.3) is 0 Å². The Labute approximate surface area is 62.1 Å². The molecule has 0 bridgehead atoms. The van der Waals surface area contributed by atoms with Gasteiger partial charge in [-0.1, -0.05) is 0 Å². The number of hydrogen-bond acceptors (Lipinski definition) is 1. The van der Waals surface area contributed by atoms with Crippen LogP contribution >= 0.6 is 0 Å². The Morgan fingerprint density at radius 1 is 1.20 bits per heavy atom. The average molecular weight is 138 g/mol. The van der Waals surface area contributed by atoms with Gasteiger partial charge >= 0.3 is 0 Å².